The molecule has 0 saturated heterocycles. The summed E-state index contributed by atoms with van der Waals surface area (Å²) in [6, 6.07) is -0.232. The maximum atomic E-state index is 11.7. The van der Waals surface area contributed by atoms with Crippen LogP contribution in [0, 0.1) is 5.92 Å². The van der Waals surface area contributed by atoms with Crippen molar-refractivity contribution in [1.82, 2.24) is 5.32 Å². The Morgan fingerprint density at radius 3 is 2.26 bits per heavy atom. The van der Waals surface area contributed by atoms with Crippen molar-refractivity contribution in [2.75, 3.05) is 14.2 Å². The molecule has 3 atom stereocenters. The van der Waals surface area contributed by atoms with Crippen molar-refractivity contribution in [1.29, 1.82) is 0 Å². The molecule has 0 spiro atoms. The number of hydrogen-bond acceptors (Lipinski definition) is 5. The molecule has 0 radical (unpaired) electrons. The van der Waals surface area contributed by atoms with Gasteiger partial charge >= 0.3 is 12.1 Å². The van der Waals surface area contributed by atoms with Gasteiger partial charge in [-0.15, -0.1) is 0 Å². The highest BCUT2D eigenvalue weighted by molar-refractivity contribution is 5.73. The summed E-state index contributed by atoms with van der Waals surface area (Å²) in [6.45, 7) is 5.39. The van der Waals surface area contributed by atoms with E-state index >= 15 is 0 Å². The molecule has 0 aromatic rings. The van der Waals surface area contributed by atoms with Gasteiger partial charge in [-0.2, -0.15) is 0 Å². The van der Waals surface area contributed by atoms with Crippen LogP contribution in [0.3, 0.4) is 0 Å². The Labute approximate surface area is 113 Å². The van der Waals surface area contributed by atoms with Gasteiger partial charge in [0.25, 0.3) is 0 Å². The topological polar surface area (TPSA) is 73.9 Å². The average molecular weight is 273 g/mol. The van der Waals surface area contributed by atoms with Gasteiger partial charge in [-0.25, -0.2) is 4.79 Å². The van der Waals surface area contributed by atoms with E-state index in [1.807, 2.05) is 0 Å². The highest BCUT2D eigenvalue weighted by Crippen LogP contribution is 2.29. The number of alkyl carbamates (subject to hydrolysis) is 1. The van der Waals surface area contributed by atoms with Crippen LogP contribution in [0.15, 0.2) is 0 Å². The quantitative estimate of drug-likeness (QED) is 0.788. The van der Waals surface area contributed by atoms with Crippen LogP contribution < -0.4 is 5.32 Å². The van der Waals surface area contributed by atoms with Crippen molar-refractivity contribution in [2.24, 2.45) is 5.92 Å². The van der Waals surface area contributed by atoms with Crippen molar-refractivity contribution < 1.29 is 23.8 Å². The Balaban J connectivity index is 2.57. The predicted octanol–water partition coefficient (Wildman–Crippen LogP) is 1.48. The van der Waals surface area contributed by atoms with E-state index in [4.69, 9.17) is 14.2 Å². The highest BCUT2D eigenvalue weighted by atomic mass is 16.6. The Kier molecular flexibility index (Phi) is 5.17. The number of amides is 1. The van der Waals surface area contributed by atoms with Crippen LogP contribution >= 0.6 is 0 Å². The summed E-state index contributed by atoms with van der Waals surface area (Å²) < 4.78 is 15.2. The number of ether oxygens (including phenoxy) is 3. The molecule has 0 aromatic heterocycles. The summed E-state index contributed by atoms with van der Waals surface area (Å²) in [4.78, 5) is 23.2. The van der Waals surface area contributed by atoms with Crippen LogP contribution in [-0.2, 0) is 19.0 Å². The van der Waals surface area contributed by atoms with Crippen molar-refractivity contribution in [3.05, 3.63) is 0 Å². The molecule has 0 aliphatic heterocycles. The first-order valence-electron chi connectivity index (χ1n) is 6.37. The molecule has 1 amide bonds. The molecule has 1 aliphatic carbocycles. The molecule has 0 bridgehead atoms. The summed E-state index contributed by atoms with van der Waals surface area (Å²) in [5.74, 6) is -0.509. The number of hydrogen-bond donors (Lipinski definition) is 1. The summed E-state index contributed by atoms with van der Waals surface area (Å²) >= 11 is 0. The molecule has 0 heterocycles. The van der Waals surface area contributed by atoms with Gasteiger partial charge in [0.2, 0.25) is 0 Å². The maximum Gasteiger partial charge on any atom is 0.407 e. The summed E-state index contributed by atoms with van der Waals surface area (Å²) in [6.07, 6.45) is 0.357. The molecule has 1 rings (SSSR count). The van der Waals surface area contributed by atoms with Crippen molar-refractivity contribution in [3.8, 4) is 0 Å². The molecule has 1 fully saturated rings. The Bertz CT molecular complexity index is 336. The lowest BCUT2D eigenvalue weighted by Crippen LogP contribution is -2.43. The van der Waals surface area contributed by atoms with Gasteiger partial charge in [-0.1, -0.05) is 0 Å². The zero-order valence-corrected chi connectivity index (χ0v) is 12.2. The van der Waals surface area contributed by atoms with Gasteiger partial charge in [0.15, 0.2) is 0 Å². The molecule has 0 unspecified atom stereocenters. The third-order valence-electron chi connectivity index (χ3n) is 3.04. The van der Waals surface area contributed by atoms with Crippen molar-refractivity contribution in [2.45, 2.75) is 51.4 Å². The third-order valence-corrected chi connectivity index (χ3v) is 3.04. The van der Waals surface area contributed by atoms with Gasteiger partial charge in [-0.05, 0) is 33.6 Å². The summed E-state index contributed by atoms with van der Waals surface area (Å²) in [7, 11) is 2.92. The lowest BCUT2D eigenvalue weighted by molar-refractivity contribution is -0.145. The molecule has 6 nitrogen and oxygen atoms in total. The lowest BCUT2D eigenvalue weighted by Gasteiger charge is -2.24. The van der Waals surface area contributed by atoms with E-state index in [1.54, 1.807) is 27.9 Å². The fourth-order valence-corrected chi connectivity index (χ4v) is 2.23. The normalized spacial score (nSPS) is 26.9. The van der Waals surface area contributed by atoms with E-state index in [0.29, 0.717) is 12.8 Å². The zero-order chi connectivity index (χ0) is 14.6. The number of carbonyl (C=O) groups is 2. The van der Waals surface area contributed by atoms with E-state index in [2.05, 4.69) is 5.32 Å². The second-order valence-electron chi connectivity index (χ2n) is 5.72. The SMILES string of the molecule is COC(=O)[C@@H]1C[C@H](NC(=O)OC(C)(C)C)[C@H](OC)C1. The second-order valence-corrected chi connectivity index (χ2v) is 5.72. The van der Waals surface area contributed by atoms with Crippen LogP contribution in [0.2, 0.25) is 0 Å². The number of esters is 1. The predicted molar refractivity (Wildman–Crippen MR) is 68.7 cm³/mol. The maximum absolute atomic E-state index is 11.7. The number of nitrogens with one attached hydrogen (secondary N) is 1. The summed E-state index contributed by atoms with van der Waals surface area (Å²) in [5.41, 5.74) is -0.549. The van der Waals surface area contributed by atoms with Crippen LogP contribution in [0.5, 0.6) is 0 Å². The van der Waals surface area contributed by atoms with Crippen molar-refractivity contribution >= 4 is 12.1 Å². The fraction of sp³-hybridized carbons (Fsp3) is 0.846. The van der Waals surface area contributed by atoms with E-state index in [9.17, 15) is 9.59 Å². The molecule has 1 N–H and O–H groups in total. The Morgan fingerprint density at radius 2 is 1.79 bits per heavy atom. The van der Waals surface area contributed by atoms with Gasteiger partial charge < -0.3 is 19.5 Å². The molecular formula is C13H23NO5. The molecule has 1 saturated carbocycles. The molecule has 19 heavy (non-hydrogen) atoms. The van der Waals surface area contributed by atoms with E-state index in [1.165, 1.54) is 7.11 Å². The minimum atomic E-state index is -0.549. The summed E-state index contributed by atoms with van der Waals surface area (Å²) in [5, 5.41) is 2.75. The Hall–Kier alpha value is -1.30. The molecule has 1 aliphatic rings. The van der Waals surface area contributed by atoms with Gasteiger partial charge in [0.05, 0.1) is 25.2 Å². The molecule has 0 aromatic carbocycles. The van der Waals surface area contributed by atoms with E-state index < -0.39 is 11.7 Å². The van der Waals surface area contributed by atoms with Crippen LogP contribution in [0.25, 0.3) is 0 Å². The fourth-order valence-electron chi connectivity index (χ4n) is 2.23. The lowest BCUT2D eigenvalue weighted by atomic mass is 10.1. The largest absolute Gasteiger partial charge is 0.469 e. The smallest absolute Gasteiger partial charge is 0.407 e. The van der Waals surface area contributed by atoms with Gasteiger partial charge in [0.1, 0.15) is 5.60 Å². The Morgan fingerprint density at radius 1 is 1.16 bits per heavy atom. The molecular weight excluding hydrogens is 250 g/mol. The van der Waals surface area contributed by atoms with Gasteiger partial charge in [-0.3, -0.25) is 4.79 Å². The van der Waals surface area contributed by atoms with E-state index in [-0.39, 0.29) is 24.0 Å². The first-order valence-corrected chi connectivity index (χ1v) is 6.37. The first kappa shape index (κ1) is 15.8. The minimum absolute atomic E-state index is 0.198. The van der Waals surface area contributed by atoms with Gasteiger partial charge in [0, 0.05) is 7.11 Å². The van der Waals surface area contributed by atoms with Crippen LogP contribution in [0.4, 0.5) is 4.79 Å². The zero-order valence-electron chi connectivity index (χ0n) is 12.2. The second kappa shape index (κ2) is 6.23. The van der Waals surface area contributed by atoms with E-state index in [0.717, 1.165) is 0 Å². The minimum Gasteiger partial charge on any atom is -0.469 e. The van der Waals surface area contributed by atoms with Crippen molar-refractivity contribution in [3.63, 3.8) is 0 Å². The third kappa shape index (κ3) is 4.70. The first-order chi connectivity index (χ1) is 8.76. The number of methoxy groups -OCH3 is 2. The molecule has 110 valence electrons. The number of rotatable bonds is 3. The van der Waals surface area contributed by atoms with Crippen LogP contribution in [0.1, 0.15) is 33.6 Å². The number of carbonyl (C=O) groups excluding carboxylic acids is 2. The average Bonchev–Trinajstić information content (AvgIpc) is 2.68. The highest BCUT2D eigenvalue weighted by Gasteiger charge is 2.40. The monoisotopic (exact) mass is 273 g/mol. The standard InChI is InChI=1S/C13H23NO5/c1-13(2,3)19-12(16)14-9-6-8(11(15)18-5)7-10(9)17-4/h8-10H,6-7H2,1-5H3,(H,14,16)/t8-,9+,10-/m1/s1. The molecule has 6 heteroatoms. The van der Waals surface area contributed by atoms with Crippen LogP contribution in [-0.4, -0.2) is 44.0 Å².